The van der Waals surface area contributed by atoms with Gasteiger partial charge >= 0.3 is 0 Å². The highest BCUT2D eigenvalue weighted by molar-refractivity contribution is 9.09. The highest BCUT2D eigenvalue weighted by atomic mass is 79.9. The van der Waals surface area contributed by atoms with E-state index in [0.717, 1.165) is 0 Å². The fraction of sp³-hybridized carbons (Fsp3) is 0.222. The Morgan fingerprint density at radius 3 is 2.77 bits per heavy atom. The summed E-state index contributed by atoms with van der Waals surface area (Å²) >= 11 is 3.09. The van der Waals surface area contributed by atoms with Crippen LogP contribution in [0.15, 0.2) is 18.2 Å². The second kappa shape index (κ2) is 4.28. The summed E-state index contributed by atoms with van der Waals surface area (Å²) < 4.78 is 4.97. The number of anilines is 1. The number of halogens is 1. The number of ketones is 1. The molecule has 0 aliphatic heterocycles. The van der Waals surface area contributed by atoms with Gasteiger partial charge in [0.2, 0.25) is 0 Å². The monoisotopic (exact) mass is 243 g/mol. The molecule has 0 bridgehead atoms. The van der Waals surface area contributed by atoms with Crippen LogP contribution in [0, 0.1) is 0 Å². The Balaban J connectivity index is 3.02. The number of hydrogen-bond donors (Lipinski definition) is 1. The molecular weight excluding hydrogens is 234 g/mol. The number of alkyl halides is 1. The van der Waals surface area contributed by atoms with Crippen LogP contribution in [0.25, 0.3) is 0 Å². The highest BCUT2D eigenvalue weighted by Gasteiger charge is 2.06. The first-order chi connectivity index (χ1) is 6.19. The molecule has 0 unspecified atom stereocenters. The van der Waals surface area contributed by atoms with E-state index in [1.165, 1.54) is 7.11 Å². The maximum absolute atomic E-state index is 11.2. The summed E-state index contributed by atoms with van der Waals surface area (Å²) in [5.41, 5.74) is 6.71. The number of nitrogens with two attached hydrogens (primary N) is 1. The van der Waals surface area contributed by atoms with E-state index in [1.807, 2.05) is 0 Å². The van der Waals surface area contributed by atoms with E-state index in [9.17, 15) is 4.79 Å². The summed E-state index contributed by atoms with van der Waals surface area (Å²) in [6, 6.07) is 4.99. The van der Waals surface area contributed by atoms with Crippen molar-refractivity contribution in [2.45, 2.75) is 0 Å². The third kappa shape index (κ3) is 2.21. The SMILES string of the molecule is COc1ccc(C(=O)CBr)cc1N. The molecular formula is C9H10BrNO2. The smallest absolute Gasteiger partial charge is 0.173 e. The number of carbonyl (C=O) groups excluding carboxylic acids is 1. The van der Waals surface area contributed by atoms with Crippen molar-refractivity contribution in [3.63, 3.8) is 0 Å². The first kappa shape index (κ1) is 10.1. The predicted octanol–water partition coefficient (Wildman–Crippen LogP) is 1.85. The second-order valence-electron chi connectivity index (χ2n) is 2.51. The van der Waals surface area contributed by atoms with Crippen LogP contribution in [-0.2, 0) is 0 Å². The number of methoxy groups -OCH3 is 1. The van der Waals surface area contributed by atoms with Crippen LogP contribution in [0.5, 0.6) is 5.75 Å². The lowest BCUT2D eigenvalue weighted by atomic mass is 10.1. The maximum atomic E-state index is 11.2. The van der Waals surface area contributed by atoms with E-state index < -0.39 is 0 Å². The lowest BCUT2D eigenvalue weighted by Crippen LogP contribution is -2.01. The van der Waals surface area contributed by atoms with Gasteiger partial charge < -0.3 is 10.5 Å². The molecule has 70 valence electrons. The molecule has 0 spiro atoms. The average molecular weight is 244 g/mol. The van der Waals surface area contributed by atoms with Crippen LogP contribution < -0.4 is 10.5 Å². The Labute approximate surface area is 85.0 Å². The van der Waals surface area contributed by atoms with Gasteiger partial charge in [-0.15, -0.1) is 0 Å². The molecule has 0 saturated carbocycles. The molecule has 0 atom stereocenters. The van der Waals surface area contributed by atoms with Crippen molar-refractivity contribution in [1.29, 1.82) is 0 Å². The maximum Gasteiger partial charge on any atom is 0.173 e. The Morgan fingerprint density at radius 1 is 1.62 bits per heavy atom. The Kier molecular flexibility index (Phi) is 3.31. The molecule has 0 heterocycles. The summed E-state index contributed by atoms with van der Waals surface area (Å²) in [5.74, 6) is 0.598. The van der Waals surface area contributed by atoms with Crippen LogP contribution in [0.1, 0.15) is 10.4 Å². The quantitative estimate of drug-likeness (QED) is 0.501. The fourth-order valence-electron chi connectivity index (χ4n) is 0.985. The minimum absolute atomic E-state index is 0.00866. The number of nitrogen functional groups attached to an aromatic ring is 1. The van der Waals surface area contributed by atoms with Gasteiger partial charge in [-0.3, -0.25) is 4.79 Å². The van der Waals surface area contributed by atoms with Crippen LogP contribution in [0.2, 0.25) is 0 Å². The lowest BCUT2D eigenvalue weighted by Gasteiger charge is -2.05. The molecule has 0 aliphatic rings. The first-order valence-electron chi connectivity index (χ1n) is 3.71. The normalized spacial score (nSPS) is 9.69. The predicted molar refractivity (Wildman–Crippen MR) is 55.5 cm³/mol. The van der Waals surface area contributed by atoms with E-state index in [2.05, 4.69) is 15.9 Å². The van der Waals surface area contributed by atoms with E-state index in [4.69, 9.17) is 10.5 Å². The van der Waals surface area contributed by atoms with Gasteiger partial charge in [-0.25, -0.2) is 0 Å². The summed E-state index contributed by atoms with van der Waals surface area (Å²) in [4.78, 5) is 11.2. The number of rotatable bonds is 3. The minimum atomic E-state index is 0.00866. The van der Waals surface area contributed by atoms with Gasteiger partial charge in [0, 0.05) is 5.56 Å². The Bertz CT molecular complexity index is 325. The zero-order valence-electron chi connectivity index (χ0n) is 7.21. The largest absolute Gasteiger partial charge is 0.495 e. The van der Waals surface area contributed by atoms with E-state index in [1.54, 1.807) is 18.2 Å². The summed E-state index contributed by atoms with van der Waals surface area (Å²) in [7, 11) is 1.54. The minimum Gasteiger partial charge on any atom is -0.495 e. The van der Waals surface area contributed by atoms with Gasteiger partial charge in [0.15, 0.2) is 5.78 Å². The molecule has 0 radical (unpaired) electrons. The number of benzene rings is 1. The standard InChI is InChI=1S/C9H10BrNO2/c1-13-9-3-2-6(4-7(9)11)8(12)5-10/h2-4H,5,11H2,1H3. The molecule has 0 aromatic heterocycles. The van der Waals surface area contributed by atoms with Gasteiger partial charge in [0.05, 0.1) is 18.1 Å². The van der Waals surface area contributed by atoms with E-state index >= 15 is 0 Å². The summed E-state index contributed by atoms with van der Waals surface area (Å²) in [6.45, 7) is 0. The van der Waals surface area contributed by atoms with Gasteiger partial charge in [0.1, 0.15) is 5.75 Å². The van der Waals surface area contributed by atoms with Gasteiger partial charge in [-0.2, -0.15) is 0 Å². The Hall–Kier alpha value is -1.03. The van der Waals surface area contributed by atoms with Crippen LogP contribution in [0.3, 0.4) is 0 Å². The summed E-state index contributed by atoms with van der Waals surface area (Å²) in [5, 5.41) is 0.304. The van der Waals surface area contributed by atoms with E-state index in [-0.39, 0.29) is 5.78 Å². The molecule has 0 amide bonds. The Morgan fingerprint density at radius 2 is 2.31 bits per heavy atom. The molecule has 0 fully saturated rings. The zero-order valence-corrected chi connectivity index (χ0v) is 8.80. The molecule has 3 nitrogen and oxygen atoms in total. The number of ether oxygens (including phenoxy) is 1. The lowest BCUT2D eigenvalue weighted by molar-refractivity contribution is 0.102. The van der Waals surface area contributed by atoms with Gasteiger partial charge in [0.25, 0.3) is 0 Å². The molecule has 4 heteroatoms. The van der Waals surface area contributed by atoms with Crippen molar-refractivity contribution >= 4 is 27.4 Å². The fourth-order valence-corrected chi connectivity index (χ4v) is 1.31. The van der Waals surface area contributed by atoms with Crippen molar-refractivity contribution in [2.24, 2.45) is 0 Å². The van der Waals surface area contributed by atoms with Crippen molar-refractivity contribution < 1.29 is 9.53 Å². The molecule has 0 saturated heterocycles. The average Bonchev–Trinajstić information content (AvgIpc) is 2.16. The molecule has 13 heavy (non-hydrogen) atoms. The second-order valence-corrected chi connectivity index (χ2v) is 3.07. The van der Waals surface area contributed by atoms with Crippen LogP contribution >= 0.6 is 15.9 Å². The van der Waals surface area contributed by atoms with Crippen molar-refractivity contribution in [1.82, 2.24) is 0 Å². The summed E-state index contributed by atoms with van der Waals surface area (Å²) in [6.07, 6.45) is 0. The third-order valence-electron chi connectivity index (χ3n) is 1.67. The van der Waals surface area contributed by atoms with Crippen molar-refractivity contribution in [3.8, 4) is 5.75 Å². The molecule has 1 rings (SSSR count). The topological polar surface area (TPSA) is 52.3 Å². The zero-order chi connectivity index (χ0) is 9.84. The first-order valence-corrected chi connectivity index (χ1v) is 4.84. The number of Topliss-reactive ketones (excluding diaryl/α,β-unsaturated/α-hetero) is 1. The van der Waals surface area contributed by atoms with Gasteiger partial charge in [-0.1, -0.05) is 15.9 Å². The van der Waals surface area contributed by atoms with Crippen molar-refractivity contribution in [2.75, 3.05) is 18.2 Å². The van der Waals surface area contributed by atoms with Gasteiger partial charge in [-0.05, 0) is 18.2 Å². The number of carbonyl (C=O) groups is 1. The van der Waals surface area contributed by atoms with E-state index in [0.29, 0.717) is 22.3 Å². The highest BCUT2D eigenvalue weighted by Crippen LogP contribution is 2.22. The molecule has 2 N–H and O–H groups in total. The van der Waals surface area contributed by atoms with Crippen LogP contribution in [0.4, 0.5) is 5.69 Å². The molecule has 0 aliphatic carbocycles. The van der Waals surface area contributed by atoms with Crippen LogP contribution in [-0.4, -0.2) is 18.2 Å². The number of hydrogen-bond acceptors (Lipinski definition) is 3. The van der Waals surface area contributed by atoms with Crippen molar-refractivity contribution in [3.05, 3.63) is 23.8 Å². The molecule has 1 aromatic rings. The third-order valence-corrected chi connectivity index (χ3v) is 2.18. The molecule has 1 aromatic carbocycles.